The Kier molecular flexibility index (Phi) is 5.71. The number of hydrogen-bond donors (Lipinski definition) is 1. The van der Waals surface area contributed by atoms with E-state index in [2.05, 4.69) is 15.0 Å². The Morgan fingerprint density at radius 3 is 2.62 bits per heavy atom. The Bertz CT molecular complexity index is 560. The molecule has 0 saturated carbocycles. The first-order valence-electron chi connectivity index (χ1n) is 6.51. The third-order valence-corrected chi connectivity index (χ3v) is 2.79. The third-order valence-electron chi connectivity index (χ3n) is 2.79. The van der Waals surface area contributed by atoms with Crippen LogP contribution in [0.25, 0.3) is 0 Å². The van der Waals surface area contributed by atoms with E-state index in [1.807, 2.05) is 17.0 Å². The molecule has 0 aliphatic carbocycles. The van der Waals surface area contributed by atoms with Gasteiger partial charge in [-0.15, -0.1) is 0 Å². The molecule has 1 aliphatic heterocycles. The number of morpholine rings is 1. The molecule has 0 amide bonds. The summed E-state index contributed by atoms with van der Waals surface area (Å²) >= 11 is 0. The highest BCUT2D eigenvalue weighted by atomic mass is 19.1. The lowest BCUT2D eigenvalue weighted by Crippen LogP contribution is -2.37. The Balaban J connectivity index is 0.000000173. The number of nitrogens with one attached hydrogen (secondary N) is 1. The average Bonchev–Trinajstić information content (AvgIpc) is 2.57. The summed E-state index contributed by atoms with van der Waals surface area (Å²) in [5, 5.41) is 6.76. The van der Waals surface area contributed by atoms with Crippen LogP contribution in [0.3, 0.4) is 0 Å². The van der Waals surface area contributed by atoms with Crippen molar-refractivity contribution < 1.29 is 9.13 Å². The zero-order valence-electron chi connectivity index (χ0n) is 11.4. The van der Waals surface area contributed by atoms with Crippen LogP contribution in [-0.2, 0) is 4.74 Å². The highest BCUT2D eigenvalue weighted by Crippen LogP contribution is 2.14. The zero-order chi connectivity index (χ0) is 14.9. The minimum atomic E-state index is -0.371. The molecule has 2 aromatic rings. The van der Waals surface area contributed by atoms with E-state index in [9.17, 15) is 4.39 Å². The standard InChI is InChI=1S/C8H10FN3O.C6H6N2/c9-7-5-10-6-11-8(7)12-1-3-13-4-2-12;7-5-6-3-1-2-4-8-6/h5-6H,1-4H2;1-5,7H. The van der Waals surface area contributed by atoms with Crippen LogP contribution in [0.1, 0.15) is 5.69 Å². The summed E-state index contributed by atoms with van der Waals surface area (Å²) in [6.07, 6.45) is 5.42. The van der Waals surface area contributed by atoms with E-state index in [-0.39, 0.29) is 5.82 Å². The number of aromatic nitrogens is 3. The summed E-state index contributed by atoms with van der Waals surface area (Å²) in [5.41, 5.74) is 0.701. The highest BCUT2D eigenvalue weighted by Gasteiger charge is 2.15. The molecule has 0 aromatic carbocycles. The van der Waals surface area contributed by atoms with Crippen molar-refractivity contribution in [1.29, 1.82) is 5.41 Å². The van der Waals surface area contributed by atoms with Gasteiger partial charge in [0.1, 0.15) is 6.33 Å². The van der Waals surface area contributed by atoms with E-state index in [0.717, 1.165) is 0 Å². The number of rotatable bonds is 2. The first kappa shape index (κ1) is 15.0. The van der Waals surface area contributed by atoms with E-state index >= 15 is 0 Å². The Labute approximate surface area is 122 Å². The average molecular weight is 289 g/mol. The predicted molar refractivity (Wildman–Crippen MR) is 77.1 cm³/mol. The molecule has 3 rings (SSSR count). The van der Waals surface area contributed by atoms with Gasteiger partial charge in [-0.25, -0.2) is 14.4 Å². The molecule has 7 heteroatoms. The quantitative estimate of drug-likeness (QED) is 0.849. The molecule has 0 bridgehead atoms. The topological polar surface area (TPSA) is 75.0 Å². The molecule has 1 saturated heterocycles. The van der Waals surface area contributed by atoms with E-state index in [1.165, 1.54) is 18.7 Å². The second-order valence-corrected chi connectivity index (χ2v) is 4.19. The van der Waals surface area contributed by atoms with Crippen molar-refractivity contribution in [1.82, 2.24) is 15.0 Å². The van der Waals surface area contributed by atoms with Crippen molar-refractivity contribution in [2.45, 2.75) is 0 Å². The maximum Gasteiger partial charge on any atom is 0.183 e. The lowest BCUT2D eigenvalue weighted by atomic mass is 10.4. The van der Waals surface area contributed by atoms with Crippen LogP contribution in [0.15, 0.2) is 36.9 Å². The zero-order valence-corrected chi connectivity index (χ0v) is 11.4. The fourth-order valence-electron chi connectivity index (χ4n) is 1.78. The van der Waals surface area contributed by atoms with Gasteiger partial charge in [0, 0.05) is 25.5 Å². The van der Waals surface area contributed by atoms with Crippen molar-refractivity contribution >= 4 is 12.0 Å². The third kappa shape index (κ3) is 4.57. The molecule has 1 fully saturated rings. The van der Waals surface area contributed by atoms with Gasteiger partial charge in [-0.2, -0.15) is 0 Å². The van der Waals surface area contributed by atoms with Gasteiger partial charge in [0.25, 0.3) is 0 Å². The van der Waals surface area contributed by atoms with Gasteiger partial charge in [-0.1, -0.05) is 6.07 Å². The summed E-state index contributed by atoms with van der Waals surface area (Å²) in [6.45, 7) is 2.63. The molecular formula is C14H16FN5O. The summed E-state index contributed by atoms with van der Waals surface area (Å²) < 4.78 is 18.3. The molecule has 1 aliphatic rings. The van der Waals surface area contributed by atoms with Gasteiger partial charge in [0.15, 0.2) is 11.6 Å². The highest BCUT2D eigenvalue weighted by molar-refractivity contribution is 5.73. The molecule has 6 nitrogen and oxygen atoms in total. The van der Waals surface area contributed by atoms with E-state index in [4.69, 9.17) is 10.1 Å². The lowest BCUT2D eigenvalue weighted by molar-refractivity contribution is 0.122. The Morgan fingerprint density at radius 2 is 2.05 bits per heavy atom. The van der Waals surface area contributed by atoms with E-state index in [0.29, 0.717) is 37.8 Å². The first-order valence-corrected chi connectivity index (χ1v) is 6.51. The van der Waals surface area contributed by atoms with Crippen LogP contribution in [0.2, 0.25) is 0 Å². The molecule has 21 heavy (non-hydrogen) atoms. The van der Waals surface area contributed by atoms with Gasteiger partial charge in [0.2, 0.25) is 0 Å². The molecule has 0 spiro atoms. The molecule has 110 valence electrons. The molecule has 3 heterocycles. The van der Waals surface area contributed by atoms with Gasteiger partial charge >= 0.3 is 0 Å². The van der Waals surface area contributed by atoms with Gasteiger partial charge in [-0.3, -0.25) is 4.98 Å². The molecular weight excluding hydrogens is 273 g/mol. The van der Waals surface area contributed by atoms with Gasteiger partial charge < -0.3 is 15.0 Å². The molecule has 2 aromatic heterocycles. The van der Waals surface area contributed by atoms with E-state index < -0.39 is 0 Å². The molecule has 0 atom stereocenters. The summed E-state index contributed by atoms with van der Waals surface area (Å²) in [6, 6.07) is 5.47. The minimum Gasteiger partial charge on any atom is -0.378 e. The van der Waals surface area contributed by atoms with Crippen LogP contribution >= 0.6 is 0 Å². The van der Waals surface area contributed by atoms with Crippen LogP contribution in [-0.4, -0.2) is 47.5 Å². The fraction of sp³-hybridized carbons (Fsp3) is 0.286. The predicted octanol–water partition coefficient (Wildman–Crippen LogP) is 1.53. The molecule has 0 unspecified atom stereocenters. The normalized spacial score (nSPS) is 14.0. The van der Waals surface area contributed by atoms with Gasteiger partial charge in [-0.05, 0) is 12.1 Å². The number of ether oxygens (including phenoxy) is 1. The molecule has 0 radical (unpaired) electrons. The van der Waals surface area contributed by atoms with Crippen molar-refractivity contribution in [2.24, 2.45) is 0 Å². The van der Waals surface area contributed by atoms with Crippen LogP contribution in [0.4, 0.5) is 10.2 Å². The maximum atomic E-state index is 13.2. The number of hydrogen-bond acceptors (Lipinski definition) is 6. The lowest BCUT2D eigenvalue weighted by Gasteiger charge is -2.27. The first-order chi connectivity index (χ1) is 10.3. The largest absolute Gasteiger partial charge is 0.378 e. The monoisotopic (exact) mass is 289 g/mol. The second-order valence-electron chi connectivity index (χ2n) is 4.19. The van der Waals surface area contributed by atoms with Crippen LogP contribution < -0.4 is 4.90 Å². The number of halogens is 1. The van der Waals surface area contributed by atoms with E-state index in [1.54, 1.807) is 12.3 Å². The number of pyridine rings is 1. The van der Waals surface area contributed by atoms with Crippen LogP contribution in [0, 0.1) is 11.2 Å². The fourth-order valence-corrected chi connectivity index (χ4v) is 1.78. The van der Waals surface area contributed by atoms with Crippen molar-refractivity contribution in [3.8, 4) is 0 Å². The number of nitrogens with zero attached hydrogens (tertiary/aromatic N) is 4. The summed E-state index contributed by atoms with van der Waals surface area (Å²) in [4.78, 5) is 13.2. The van der Waals surface area contributed by atoms with Crippen molar-refractivity contribution in [3.05, 3.63) is 48.4 Å². The van der Waals surface area contributed by atoms with Gasteiger partial charge in [0.05, 0.1) is 25.1 Å². The summed E-state index contributed by atoms with van der Waals surface area (Å²) in [5.74, 6) is 0.00250. The smallest absolute Gasteiger partial charge is 0.183 e. The SMILES string of the molecule is Fc1cncnc1N1CCOCC1.N=Cc1ccccn1. The minimum absolute atomic E-state index is 0.371. The maximum absolute atomic E-state index is 13.2. The van der Waals surface area contributed by atoms with Crippen molar-refractivity contribution in [2.75, 3.05) is 31.2 Å². The van der Waals surface area contributed by atoms with Crippen LogP contribution in [0.5, 0.6) is 0 Å². The molecule has 1 N–H and O–H groups in total. The number of anilines is 1. The summed E-state index contributed by atoms with van der Waals surface area (Å²) in [7, 11) is 0. The second kappa shape index (κ2) is 8.01. The Morgan fingerprint density at radius 1 is 1.24 bits per heavy atom. The van der Waals surface area contributed by atoms with Crippen molar-refractivity contribution in [3.63, 3.8) is 0 Å². The Hall–Kier alpha value is -2.41.